The Kier molecular flexibility index (Phi) is 5.34. The van der Waals surface area contributed by atoms with Gasteiger partial charge in [-0.3, -0.25) is 0 Å². The van der Waals surface area contributed by atoms with Gasteiger partial charge in [-0.15, -0.1) is 0 Å². The van der Waals surface area contributed by atoms with Gasteiger partial charge in [0.05, 0.1) is 17.3 Å². The monoisotopic (exact) mass is 441 g/mol. The van der Waals surface area contributed by atoms with Gasteiger partial charge in [-0.05, 0) is 59.1 Å². The number of carbonyl (C=O) groups is 1. The zero-order chi connectivity index (χ0) is 19.8. The number of aromatic nitrogens is 1. The highest BCUT2D eigenvalue weighted by Crippen LogP contribution is 2.31. The van der Waals surface area contributed by atoms with Gasteiger partial charge in [0.1, 0.15) is 17.5 Å². The maximum Gasteiger partial charge on any atom is 0.405 e. The van der Waals surface area contributed by atoms with Crippen LogP contribution in [0.4, 0.5) is 19.4 Å². The van der Waals surface area contributed by atoms with Crippen molar-refractivity contribution in [3.8, 4) is 0 Å². The molecule has 27 heavy (non-hydrogen) atoms. The fourth-order valence-electron chi connectivity index (χ4n) is 3.14. The first-order chi connectivity index (χ1) is 12.6. The molecule has 1 saturated heterocycles. The first kappa shape index (κ1) is 19.5. The SMILES string of the molecule is CC1(O)CN(c2ccc(Br)c(C(Cc3cc(F)cc(F)c3)NC(=O)O)n2)C1. The van der Waals surface area contributed by atoms with E-state index in [0.29, 0.717) is 34.6 Å². The summed E-state index contributed by atoms with van der Waals surface area (Å²) in [6.07, 6.45) is -1.25. The summed E-state index contributed by atoms with van der Waals surface area (Å²) in [5, 5.41) is 21.4. The lowest BCUT2D eigenvalue weighted by Crippen LogP contribution is -2.60. The second-order valence-corrected chi connectivity index (χ2v) is 7.73. The molecule has 9 heteroatoms. The van der Waals surface area contributed by atoms with E-state index in [0.717, 1.165) is 18.2 Å². The van der Waals surface area contributed by atoms with Gasteiger partial charge < -0.3 is 20.4 Å². The molecule has 1 amide bonds. The van der Waals surface area contributed by atoms with E-state index < -0.39 is 29.4 Å². The number of amides is 1. The Morgan fingerprint density at radius 3 is 2.52 bits per heavy atom. The molecular formula is C18H18BrF2N3O3. The minimum Gasteiger partial charge on any atom is -0.465 e. The largest absolute Gasteiger partial charge is 0.465 e. The van der Waals surface area contributed by atoms with Crippen molar-refractivity contribution < 1.29 is 23.8 Å². The molecule has 1 atom stereocenters. The van der Waals surface area contributed by atoms with Crippen molar-refractivity contribution in [3.05, 3.63) is 57.7 Å². The summed E-state index contributed by atoms with van der Waals surface area (Å²) < 4.78 is 27.5. The topological polar surface area (TPSA) is 85.7 Å². The molecule has 0 spiro atoms. The van der Waals surface area contributed by atoms with Crippen LogP contribution < -0.4 is 10.2 Å². The average molecular weight is 442 g/mol. The highest BCUT2D eigenvalue weighted by atomic mass is 79.9. The Morgan fingerprint density at radius 2 is 1.96 bits per heavy atom. The molecule has 144 valence electrons. The normalized spacial score (nSPS) is 16.6. The van der Waals surface area contributed by atoms with Gasteiger partial charge in [-0.2, -0.15) is 0 Å². The molecule has 1 aromatic heterocycles. The van der Waals surface area contributed by atoms with E-state index in [1.54, 1.807) is 19.1 Å². The van der Waals surface area contributed by atoms with Gasteiger partial charge in [-0.25, -0.2) is 18.6 Å². The van der Waals surface area contributed by atoms with E-state index in [1.165, 1.54) is 0 Å². The lowest BCUT2D eigenvalue weighted by Gasteiger charge is -2.45. The zero-order valence-corrected chi connectivity index (χ0v) is 16.0. The Morgan fingerprint density at radius 1 is 1.33 bits per heavy atom. The number of rotatable bonds is 5. The number of benzene rings is 1. The third kappa shape index (κ3) is 4.72. The quantitative estimate of drug-likeness (QED) is 0.662. The van der Waals surface area contributed by atoms with Crippen LogP contribution in [0.5, 0.6) is 0 Å². The summed E-state index contributed by atoms with van der Waals surface area (Å²) in [4.78, 5) is 17.6. The van der Waals surface area contributed by atoms with Crippen LogP contribution in [0.15, 0.2) is 34.8 Å². The van der Waals surface area contributed by atoms with Crippen LogP contribution in [0.2, 0.25) is 0 Å². The van der Waals surface area contributed by atoms with Gasteiger partial charge >= 0.3 is 6.09 Å². The van der Waals surface area contributed by atoms with E-state index in [2.05, 4.69) is 26.2 Å². The molecule has 2 heterocycles. The number of carboxylic acid groups (broad SMARTS) is 1. The minimum absolute atomic E-state index is 0.0216. The van der Waals surface area contributed by atoms with Crippen molar-refractivity contribution in [3.63, 3.8) is 0 Å². The van der Waals surface area contributed by atoms with Crippen LogP contribution in [-0.4, -0.2) is 40.0 Å². The molecule has 1 fully saturated rings. The molecular weight excluding hydrogens is 424 g/mol. The van der Waals surface area contributed by atoms with Crippen LogP contribution in [0, 0.1) is 11.6 Å². The number of halogens is 3. The summed E-state index contributed by atoms with van der Waals surface area (Å²) in [6.45, 7) is 2.54. The number of aliphatic hydroxyl groups is 1. The second kappa shape index (κ2) is 7.40. The first-order valence-corrected chi connectivity index (χ1v) is 9.00. The van der Waals surface area contributed by atoms with Crippen molar-refractivity contribution in [2.45, 2.75) is 25.0 Å². The van der Waals surface area contributed by atoms with Crippen LogP contribution in [-0.2, 0) is 6.42 Å². The molecule has 1 unspecified atom stereocenters. The standard InChI is InChI=1S/C18H18BrF2N3O3/c1-18(27)8-24(9-18)15-3-2-13(19)16(23-15)14(22-17(25)26)6-10-4-11(20)7-12(21)5-10/h2-5,7,14,22,27H,6,8-9H2,1H3,(H,25,26). The van der Waals surface area contributed by atoms with Crippen molar-refractivity contribution in [2.24, 2.45) is 0 Å². The lowest BCUT2D eigenvalue weighted by atomic mass is 9.97. The highest BCUT2D eigenvalue weighted by molar-refractivity contribution is 9.10. The molecule has 3 N–H and O–H groups in total. The Labute approximate surface area is 163 Å². The smallest absolute Gasteiger partial charge is 0.405 e. The lowest BCUT2D eigenvalue weighted by molar-refractivity contribution is 0.0305. The van der Waals surface area contributed by atoms with Gasteiger partial charge in [0, 0.05) is 23.6 Å². The first-order valence-electron chi connectivity index (χ1n) is 8.21. The minimum atomic E-state index is -1.28. The van der Waals surface area contributed by atoms with Gasteiger partial charge in [0.2, 0.25) is 0 Å². The molecule has 3 rings (SSSR count). The fourth-order valence-corrected chi connectivity index (χ4v) is 3.63. The van der Waals surface area contributed by atoms with Crippen molar-refractivity contribution in [1.82, 2.24) is 10.3 Å². The van der Waals surface area contributed by atoms with E-state index in [1.807, 2.05) is 4.90 Å². The van der Waals surface area contributed by atoms with E-state index >= 15 is 0 Å². The summed E-state index contributed by atoms with van der Waals surface area (Å²) >= 11 is 3.36. The molecule has 0 radical (unpaired) electrons. The number of pyridine rings is 1. The molecule has 1 aliphatic rings. The number of anilines is 1. The average Bonchev–Trinajstić information content (AvgIpc) is 2.51. The van der Waals surface area contributed by atoms with Gasteiger partial charge in [-0.1, -0.05) is 0 Å². The molecule has 0 saturated carbocycles. The molecule has 0 aliphatic carbocycles. The summed E-state index contributed by atoms with van der Waals surface area (Å²) in [5.41, 5.74) is -0.0874. The predicted molar refractivity (Wildman–Crippen MR) is 98.7 cm³/mol. The van der Waals surface area contributed by atoms with E-state index in [4.69, 9.17) is 0 Å². The summed E-state index contributed by atoms with van der Waals surface area (Å²) in [7, 11) is 0. The molecule has 1 aliphatic heterocycles. The Bertz CT molecular complexity index is 851. The number of β-amino-alcohol motifs (C(OH)–C–C–N with tert-alkyl or cyclic N) is 1. The summed E-state index contributed by atoms with van der Waals surface area (Å²) in [6, 6.07) is 5.73. The maximum atomic E-state index is 13.5. The predicted octanol–water partition coefficient (Wildman–Crippen LogP) is 3.24. The number of hydrogen-bond acceptors (Lipinski definition) is 4. The van der Waals surface area contributed by atoms with Crippen molar-refractivity contribution >= 4 is 27.8 Å². The van der Waals surface area contributed by atoms with Gasteiger partial charge in [0.25, 0.3) is 0 Å². The van der Waals surface area contributed by atoms with Crippen molar-refractivity contribution in [1.29, 1.82) is 0 Å². The van der Waals surface area contributed by atoms with Crippen LogP contribution in [0.25, 0.3) is 0 Å². The van der Waals surface area contributed by atoms with Gasteiger partial charge in [0.15, 0.2) is 0 Å². The van der Waals surface area contributed by atoms with Crippen LogP contribution >= 0.6 is 15.9 Å². The number of nitrogens with zero attached hydrogens (tertiary/aromatic N) is 2. The molecule has 6 nitrogen and oxygen atoms in total. The second-order valence-electron chi connectivity index (χ2n) is 6.87. The van der Waals surface area contributed by atoms with Crippen molar-refractivity contribution in [2.75, 3.05) is 18.0 Å². The number of hydrogen-bond donors (Lipinski definition) is 3. The zero-order valence-electron chi connectivity index (χ0n) is 14.4. The molecule has 2 aromatic rings. The Hall–Kier alpha value is -2.26. The van der Waals surface area contributed by atoms with E-state index in [9.17, 15) is 23.8 Å². The summed E-state index contributed by atoms with van der Waals surface area (Å²) in [5.74, 6) is -0.882. The van der Waals surface area contributed by atoms with Crippen LogP contribution in [0.1, 0.15) is 24.2 Å². The fraction of sp³-hybridized carbons (Fsp3) is 0.333. The third-order valence-corrected chi connectivity index (χ3v) is 4.91. The third-order valence-electron chi connectivity index (χ3n) is 4.24. The molecule has 1 aromatic carbocycles. The van der Waals surface area contributed by atoms with Crippen LogP contribution in [0.3, 0.4) is 0 Å². The van der Waals surface area contributed by atoms with E-state index in [-0.39, 0.29) is 6.42 Å². The molecule has 0 bridgehead atoms. The number of nitrogens with one attached hydrogen (secondary N) is 1. The maximum absolute atomic E-state index is 13.5. The highest BCUT2D eigenvalue weighted by Gasteiger charge is 2.37. The Balaban J connectivity index is 1.91.